The number of hydrogen-bond donors (Lipinski definition) is 1. The summed E-state index contributed by atoms with van der Waals surface area (Å²) in [5.74, 6) is 0.945. The van der Waals surface area contributed by atoms with Crippen LogP contribution >= 0.6 is 0 Å². The van der Waals surface area contributed by atoms with Crippen LogP contribution in [-0.2, 0) is 28.7 Å². The predicted molar refractivity (Wildman–Crippen MR) is 108 cm³/mol. The Morgan fingerprint density at radius 2 is 1.93 bits per heavy atom. The van der Waals surface area contributed by atoms with E-state index < -0.39 is 11.6 Å². The van der Waals surface area contributed by atoms with Crippen molar-refractivity contribution in [3.8, 4) is 0 Å². The molecule has 1 saturated carbocycles. The fourth-order valence-electron chi connectivity index (χ4n) is 4.54. The number of carbonyl (C=O) groups is 1. The van der Waals surface area contributed by atoms with Gasteiger partial charge in [0.15, 0.2) is 5.60 Å². The lowest BCUT2D eigenvalue weighted by atomic mass is 9.73. The second-order valence-corrected chi connectivity index (χ2v) is 8.22. The summed E-state index contributed by atoms with van der Waals surface area (Å²) in [5.41, 5.74) is -0.925. The summed E-state index contributed by atoms with van der Waals surface area (Å²) >= 11 is 0. The first kappa shape index (κ1) is 20.6. The summed E-state index contributed by atoms with van der Waals surface area (Å²) in [5, 5.41) is 11.5. The Labute approximate surface area is 168 Å². The molecule has 5 heteroatoms. The minimum Gasteiger partial charge on any atom is -0.459 e. The van der Waals surface area contributed by atoms with Gasteiger partial charge >= 0.3 is 5.97 Å². The molecule has 1 heterocycles. The number of ether oxygens (including phenoxy) is 1. The molecule has 0 bridgehead atoms. The quantitative estimate of drug-likeness (QED) is 0.587. The maximum Gasteiger partial charge on any atom is 0.343 e. The third kappa shape index (κ3) is 4.14. The molecular weight excluding hydrogens is 352 g/mol. The zero-order chi connectivity index (χ0) is 20.1. The maximum atomic E-state index is 13.1. The summed E-state index contributed by atoms with van der Waals surface area (Å²) in [6.45, 7) is 5.12. The molecule has 1 aliphatic carbocycles. The molecule has 1 fully saturated rings. The highest BCUT2D eigenvalue weighted by Crippen LogP contribution is 2.40. The van der Waals surface area contributed by atoms with Gasteiger partial charge in [0, 0.05) is 5.92 Å². The van der Waals surface area contributed by atoms with Gasteiger partial charge < -0.3 is 9.84 Å². The minimum atomic E-state index is -1.57. The Morgan fingerprint density at radius 3 is 2.57 bits per heavy atom. The minimum absolute atomic E-state index is 0.0910. The van der Waals surface area contributed by atoms with Gasteiger partial charge in [-0.05, 0) is 18.4 Å². The van der Waals surface area contributed by atoms with Crippen LogP contribution in [0.4, 0.5) is 0 Å². The van der Waals surface area contributed by atoms with Crippen molar-refractivity contribution in [1.29, 1.82) is 0 Å². The maximum absolute atomic E-state index is 13.1. The van der Waals surface area contributed by atoms with Gasteiger partial charge in [-0.15, -0.1) is 0 Å². The van der Waals surface area contributed by atoms with Gasteiger partial charge in [0.1, 0.15) is 25.5 Å². The molecular formula is C23H33N2O3+. The zero-order valence-electron chi connectivity index (χ0n) is 17.3. The SMILES string of the molecule is CC(C)c1n(CCOC(=O)C(O)(c2ccccc2)C2CCCCC2)cc[n+]1C. The third-order valence-electron chi connectivity index (χ3n) is 5.93. The van der Waals surface area contributed by atoms with Gasteiger partial charge in [0.2, 0.25) is 0 Å². The first-order valence-corrected chi connectivity index (χ1v) is 10.4. The molecule has 0 aliphatic heterocycles. The molecule has 1 aromatic heterocycles. The number of carbonyl (C=O) groups excluding carboxylic acids is 1. The Kier molecular flexibility index (Phi) is 6.55. The monoisotopic (exact) mass is 385 g/mol. The fourth-order valence-corrected chi connectivity index (χ4v) is 4.54. The lowest BCUT2D eigenvalue weighted by Gasteiger charge is -2.36. The number of esters is 1. The summed E-state index contributed by atoms with van der Waals surface area (Å²) in [7, 11) is 2.02. The molecule has 3 rings (SSSR count). The standard InChI is InChI=1S/C23H33N2O3/c1-18(2)21-24(3)14-15-25(21)16-17-28-22(26)23(27,19-10-6-4-7-11-19)20-12-8-5-9-13-20/h4,6-7,10-11,14-15,18,20,27H,5,8-9,12-13,16-17H2,1-3H3/q+1. The molecule has 0 radical (unpaired) electrons. The van der Waals surface area contributed by atoms with Crippen molar-refractivity contribution in [2.45, 2.75) is 64.0 Å². The number of aromatic nitrogens is 2. The van der Waals surface area contributed by atoms with E-state index in [0.29, 0.717) is 18.0 Å². The first-order valence-electron chi connectivity index (χ1n) is 10.4. The second-order valence-electron chi connectivity index (χ2n) is 8.22. The van der Waals surface area contributed by atoms with Crippen LogP contribution in [0.3, 0.4) is 0 Å². The molecule has 1 atom stereocenters. The van der Waals surface area contributed by atoms with Gasteiger partial charge in [-0.2, -0.15) is 0 Å². The highest BCUT2D eigenvalue weighted by Gasteiger charge is 2.47. The summed E-state index contributed by atoms with van der Waals surface area (Å²) in [6.07, 6.45) is 8.98. The van der Waals surface area contributed by atoms with E-state index in [1.165, 1.54) is 12.2 Å². The third-order valence-corrected chi connectivity index (χ3v) is 5.93. The van der Waals surface area contributed by atoms with Crippen molar-refractivity contribution in [2.24, 2.45) is 13.0 Å². The van der Waals surface area contributed by atoms with Crippen molar-refractivity contribution in [2.75, 3.05) is 6.61 Å². The van der Waals surface area contributed by atoms with E-state index in [1.54, 1.807) is 0 Å². The lowest BCUT2D eigenvalue weighted by molar-refractivity contribution is -0.680. The van der Waals surface area contributed by atoms with Gasteiger partial charge in [0.05, 0.1) is 13.0 Å². The van der Waals surface area contributed by atoms with E-state index in [4.69, 9.17) is 4.74 Å². The van der Waals surface area contributed by atoms with Crippen LogP contribution in [0.5, 0.6) is 0 Å². The van der Waals surface area contributed by atoms with Crippen molar-refractivity contribution >= 4 is 5.97 Å². The molecule has 0 saturated heterocycles. The molecule has 1 N–H and O–H groups in total. The molecule has 0 amide bonds. The van der Waals surface area contributed by atoms with Crippen LogP contribution < -0.4 is 4.57 Å². The van der Waals surface area contributed by atoms with E-state index in [-0.39, 0.29) is 12.5 Å². The van der Waals surface area contributed by atoms with E-state index >= 15 is 0 Å². The number of rotatable bonds is 7. The van der Waals surface area contributed by atoms with Gasteiger partial charge in [-0.1, -0.05) is 63.4 Å². The number of benzene rings is 1. The lowest BCUT2D eigenvalue weighted by Crippen LogP contribution is -2.45. The fraction of sp³-hybridized carbons (Fsp3) is 0.565. The van der Waals surface area contributed by atoms with Gasteiger partial charge in [0.25, 0.3) is 5.82 Å². The molecule has 2 aromatic rings. The molecule has 28 heavy (non-hydrogen) atoms. The van der Waals surface area contributed by atoms with Crippen LogP contribution in [0.15, 0.2) is 42.7 Å². The van der Waals surface area contributed by atoms with Gasteiger partial charge in [-0.25, -0.2) is 13.9 Å². The summed E-state index contributed by atoms with van der Waals surface area (Å²) in [6, 6.07) is 9.29. The van der Waals surface area contributed by atoms with E-state index in [0.717, 1.165) is 25.7 Å². The van der Waals surface area contributed by atoms with Crippen LogP contribution in [-0.4, -0.2) is 22.2 Å². The van der Waals surface area contributed by atoms with Crippen LogP contribution in [0.2, 0.25) is 0 Å². The number of hydrogen-bond acceptors (Lipinski definition) is 3. The molecule has 1 aliphatic rings. The zero-order valence-corrected chi connectivity index (χ0v) is 17.3. The Bertz CT molecular complexity index is 778. The number of aliphatic hydroxyl groups is 1. The molecule has 5 nitrogen and oxygen atoms in total. The Balaban J connectivity index is 1.73. The largest absolute Gasteiger partial charge is 0.459 e. The smallest absolute Gasteiger partial charge is 0.343 e. The average molecular weight is 386 g/mol. The van der Waals surface area contributed by atoms with E-state index in [9.17, 15) is 9.90 Å². The normalized spacial score (nSPS) is 17.5. The van der Waals surface area contributed by atoms with Crippen molar-refractivity contribution in [1.82, 2.24) is 4.57 Å². The molecule has 152 valence electrons. The number of nitrogens with zero attached hydrogens (tertiary/aromatic N) is 2. The van der Waals surface area contributed by atoms with E-state index in [1.807, 2.05) is 49.8 Å². The van der Waals surface area contributed by atoms with Crippen molar-refractivity contribution < 1.29 is 19.2 Å². The van der Waals surface area contributed by atoms with Crippen molar-refractivity contribution in [3.63, 3.8) is 0 Å². The Hall–Kier alpha value is -2.14. The summed E-state index contributed by atoms with van der Waals surface area (Å²) in [4.78, 5) is 13.1. The van der Waals surface area contributed by atoms with Crippen molar-refractivity contribution in [3.05, 3.63) is 54.1 Å². The summed E-state index contributed by atoms with van der Waals surface area (Å²) < 4.78 is 9.85. The Morgan fingerprint density at radius 1 is 1.25 bits per heavy atom. The predicted octanol–water partition coefficient (Wildman–Crippen LogP) is 3.45. The van der Waals surface area contributed by atoms with Crippen LogP contribution in [0, 0.1) is 5.92 Å². The highest BCUT2D eigenvalue weighted by atomic mass is 16.5. The topological polar surface area (TPSA) is 55.3 Å². The highest BCUT2D eigenvalue weighted by molar-refractivity contribution is 5.81. The second kappa shape index (κ2) is 8.91. The van der Waals surface area contributed by atoms with Crippen LogP contribution in [0.1, 0.15) is 63.3 Å². The average Bonchev–Trinajstić information content (AvgIpc) is 3.09. The van der Waals surface area contributed by atoms with Crippen LogP contribution in [0.25, 0.3) is 0 Å². The molecule has 0 spiro atoms. The van der Waals surface area contributed by atoms with Gasteiger partial charge in [-0.3, -0.25) is 0 Å². The molecule has 1 aromatic carbocycles. The number of aryl methyl sites for hydroxylation is 1. The molecule has 1 unspecified atom stereocenters. The first-order chi connectivity index (χ1) is 13.4. The van der Waals surface area contributed by atoms with E-state index in [2.05, 4.69) is 23.0 Å². The number of imidazole rings is 1.